The second kappa shape index (κ2) is 6.62. The highest BCUT2D eigenvalue weighted by molar-refractivity contribution is 7.07. The van der Waals surface area contributed by atoms with Gasteiger partial charge in [-0.2, -0.15) is 0 Å². The zero-order valence-electron chi connectivity index (χ0n) is 12.8. The average Bonchev–Trinajstić information content (AvgIpc) is 2.81. The fourth-order valence-corrected chi connectivity index (χ4v) is 2.87. The summed E-state index contributed by atoms with van der Waals surface area (Å²) in [6.07, 6.45) is 1.73. The monoisotopic (exact) mass is 313 g/mol. The molecule has 1 aromatic heterocycles. The van der Waals surface area contributed by atoms with Crippen molar-refractivity contribution in [1.82, 2.24) is 15.2 Å². The lowest BCUT2D eigenvalue weighted by Gasteiger charge is -2.34. The molecule has 1 saturated heterocycles. The van der Waals surface area contributed by atoms with E-state index in [1.54, 1.807) is 4.90 Å². The van der Waals surface area contributed by atoms with Crippen LogP contribution in [0.15, 0.2) is 10.2 Å². The van der Waals surface area contributed by atoms with Gasteiger partial charge in [0, 0.05) is 36.8 Å². The van der Waals surface area contributed by atoms with Crippen molar-refractivity contribution in [2.75, 3.05) is 13.1 Å². The molecule has 1 fully saturated rings. The van der Waals surface area contributed by atoms with E-state index >= 15 is 0 Å². The van der Waals surface area contributed by atoms with E-state index in [1.807, 2.05) is 26.2 Å². The molecule has 118 valence electrons. The van der Waals surface area contributed by atoms with Crippen molar-refractivity contribution in [3.8, 4) is 0 Å². The highest BCUT2D eigenvalue weighted by atomic mass is 32.1. The summed E-state index contributed by atoms with van der Waals surface area (Å²) in [6, 6.07) is 0.231. The van der Waals surface area contributed by atoms with Gasteiger partial charge in [-0.05, 0) is 33.6 Å². The molecule has 1 aliphatic heterocycles. The number of aromatic nitrogens is 1. The third-order valence-corrected chi connectivity index (χ3v) is 3.94. The maximum atomic E-state index is 12.1. The first-order valence-corrected chi connectivity index (χ1v) is 8.09. The van der Waals surface area contributed by atoms with Crippen molar-refractivity contribution in [3.05, 3.63) is 20.7 Å². The Bertz CT molecular complexity index is 532. The van der Waals surface area contributed by atoms with Crippen LogP contribution in [0, 0.1) is 0 Å². The van der Waals surface area contributed by atoms with Gasteiger partial charge < -0.3 is 19.9 Å². The molecule has 2 rings (SSSR count). The number of nitrogens with one attached hydrogen (secondary N) is 2. The number of carbonyl (C=O) groups excluding carboxylic acids is 1. The van der Waals surface area contributed by atoms with E-state index in [4.69, 9.17) is 4.74 Å². The minimum absolute atomic E-state index is 0.0363. The Labute approximate surface area is 128 Å². The fourth-order valence-electron chi connectivity index (χ4n) is 2.29. The van der Waals surface area contributed by atoms with Crippen LogP contribution in [-0.4, -0.2) is 40.7 Å². The van der Waals surface area contributed by atoms with E-state index in [2.05, 4.69) is 10.3 Å². The number of amides is 1. The van der Waals surface area contributed by atoms with E-state index in [-0.39, 0.29) is 17.0 Å². The SMILES string of the molecule is CC(C)(C)OC(=O)N1CCCC(NCc2csc(=O)[nH]2)C1. The molecule has 1 amide bonds. The molecule has 21 heavy (non-hydrogen) atoms. The molecule has 0 saturated carbocycles. The van der Waals surface area contributed by atoms with Crippen LogP contribution in [0.4, 0.5) is 4.79 Å². The average molecular weight is 313 g/mol. The highest BCUT2D eigenvalue weighted by Crippen LogP contribution is 2.15. The van der Waals surface area contributed by atoms with Gasteiger partial charge in [0.15, 0.2) is 0 Å². The molecule has 2 N–H and O–H groups in total. The Morgan fingerprint density at radius 2 is 2.33 bits per heavy atom. The molecule has 0 aliphatic carbocycles. The second-order valence-electron chi connectivity index (χ2n) is 6.32. The molecule has 1 aliphatic rings. The van der Waals surface area contributed by atoms with Crippen LogP contribution in [0.2, 0.25) is 0 Å². The van der Waals surface area contributed by atoms with Crippen LogP contribution in [-0.2, 0) is 11.3 Å². The van der Waals surface area contributed by atoms with E-state index in [0.29, 0.717) is 13.1 Å². The lowest BCUT2D eigenvalue weighted by atomic mass is 10.1. The Kier molecular flexibility index (Phi) is 5.05. The lowest BCUT2D eigenvalue weighted by molar-refractivity contribution is 0.0187. The largest absolute Gasteiger partial charge is 0.444 e. The van der Waals surface area contributed by atoms with Crippen molar-refractivity contribution >= 4 is 17.4 Å². The van der Waals surface area contributed by atoms with Crippen LogP contribution in [0.1, 0.15) is 39.3 Å². The fraction of sp³-hybridized carbons (Fsp3) is 0.714. The van der Waals surface area contributed by atoms with E-state index < -0.39 is 5.60 Å². The Balaban J connectivity index is 1.83. The number of hydrogen-bond donors (Lipinski definition) is 2. The van der Waals surface area contributed by atoms with E-state index in [9.17, 15) is 9.59 Å². The number of ether oxygens (including phenoxy) is 1. The Morgan fingerprint density at radius 1 is 1.57 bits per heavy atom. The highest BCUT2D eigenvalue weighted by Gasteiger charge is 2.27. The Morgan fingerprint density at radius 3 is 2.95 bits per heavy atom. The third-order valence-electron chi connectivity index (χ3n) is 3.23. The maximum Gasteiger partial charge on any atom is 0.410 e. The van der Waals surface area contributed by atoms with Crippen molar-refractivity contribution in [2.45, 2.75) is 51.8 Å². The summed E-state index contributed by atoms with van der Waals surface area (Å²) in [4.78, 5) is 27.6. The number of rotatable bonds is 3. The van der Waals surface area contributed by atoms with Crippen molar-refractivity contribution in [2.24, 2.45) is 0 Å². The van der Waals surface area contributed by atoms with E-state index in [0.717, 1.165) is 25.1 Å². The number of H-pyrrole nitrogens is 1. The molecule has 0 radical (unpaired) electrons. The molecule has 6 nitrogen and oxygen atoms in total. The molecule has 1 unspecified atom stereocenters. The minimum Gasteiger partial charge on any atom is -0.444 e. The summed E-state index contributed by atoms with van der Waals surface area (Å²) >= 11 is 1.17. The zero-order chi connectivity index (χ0) is 15.5. The molecule has 2 heterocycles. The molecular formula is C14H23N3O3S. The van der Waals surface area contributed by atoms with Crippen LogP contribution in [0.3, 0.4) is 0 Å². The zero-order valence-corrected chi connectivity index (χ0v) is 13.6. The van der Waals surface area contributed by atoms with Crippen LogP contribution >= 0.6 is 11.3 Å². The number of hydrogen-bond acceptors (Lipinski definition) is 5. The minimum atomic E-state index is -0.465. The van der Waals surface area contributed by atoms with Gasteiger partial charge in [0.1, 0.15) is 5.60 Å². The van der Waals surface area contributed by atoms with Gasteiger partial charge in [0.25, 0.3) is 0 Å². The van der Waals surface area contributed by atoms with Crippen molar-refractivity contribution in [3.63, 3.8) is 0 Å². The first kappa shape index (κ1) is 16.0. The van der Waals surface area contributed by atoms with Gasteiger partial charge in [0.2, 0.25) is 0 Å². The quantitative estimate of drug-likeness (QED) is 0.894. The molecule has 1 atom stereocenters. The smallest absolute Gasteiger partial charge is 0.410 e. The van der Waals surface area contributed by atoms with Crippen LogP contribution < -0.4 is 10.2 Å². The number of likely N-dealkylation sites (tertiary alicyclic amines) is 1. The van der Waals surface area contributed by atoms with Crippen molar-refractivity contribution in [1.29, 1.82) is 0 Å². The molecule has 0 aromatic carbocycles. The van der Waals surface area contributed by atoms with Crippen LogP contribution in [0.25, 0.3) is 0 Å². The molecule has 7 heteroatoms. The summed E-state index contributed by atoms with van der Waals surface area (Å²) < 4.78 is 5.41. The first-order chi connectivity index (χ1) is 9.83. The number of thiazole rings is 1. The number of carbonyl (C=O) groups is 1. The normalized spacial score (nSPS) is 19.6. The lowest BCUT2D eigenvalue weighted by Crippen LogP contribution is -2.49. The van der Waals surface area contributed by atoms with Gasteiger partial charge >= 0.3 is 11.0 Å². The maximum absolute atomic E-state index is 12.1. The third kappa shape index (κ3) is 5.17. The summed E-state index contributed by atoms with van der Waals surface area (Å²) in [6.45, 7) is 7.61. The molecule has 0 bridgehead atoms. The van der Waals surface area contributed by atoms with Gasteiger partial charge in [-0.3, -0.25) is 4.79 Å². The van der Waals surface area contributed by atoms with Crippen molar-refractivity contribution < 1.29 is 9.53 Å². The molecular weight excluding hydrogens is 290 g/mol. The predicted molar refractivity (Wildman–Crippen MR) is 82.6 cm³/mol. The topological polar surface area (TPSA) is 74.4 Å². The van der Waals surface area contributed by atoms with Crippen LogP contribution in [0.5, 0.6) is 0 Å². The number of aromatic amines is 1. The summed E-state index contributed by atoms with van der Waals surface area (Å²) in [5, 5.41) is 5.21. The van der Waals surface area contributed by atoms with Gasteiger partial charge in [-0.1, -0.05) is 11.3 Å². The standard InChI is InChI=1S/C14H23N3O3S/c1-14(2,3)20-13(19)17-6-4-5-10(8-17)15-7-11-9-21-12(18)16-11/h9-10,15H,4-8H2,1-3H3,(H,16,18). The second-order valence-corrected chi connectivity index (χ2v) is 7.16. The van der Waals surface area contributed by atoms with E-state index in [1.165, 1.54) is 11.3 Å². The molecule has 0 spiro atoms. The van der Waals surface area contributed by atoms with Gasteiger partial charge in [-0.25, -0.2) is 4.79 Å². The predicted octanol–water partition coefficient (Wildman–Crippen LogP) is 1.93. The summed E-state index contributed by atoms with van der Waals surface area (Å²) in [7, 11) is 0. The van der Waals surface area contributed by atoms with Gasteiger partial charge in [0.05, 0.1) is 0 Å². The number of nitrogens with zero attached hydrogens (tertiary/aromatic N) is 1. The summed E-state index contributed by atoms with van der Waals surface area (Å²) in [5.41, 5.74) is 0.424. The van der Waals surface area contributed by atoms with Gasteiger partial charge in [-0.15, -0.1) is 0 Å². The Hall–Kier alpha value is -1.34. The first-order valence-electron chi connectivity index (χ1n) is 7.21. The number of piperidine rings is 1. The summed E-state index contributed by atoms with van der Waals surface area (Å²) in [5.74, 6) is 0. The molecule has 1 aromatic rings.